The third kappa shape index (κ3) is 3.25. The van der Waals surface area contributed by atoms with Crippen LogP contribution in [0.5, 0.6) is 0 Å². The van der Waals surface area contributed by atoms with Crippen LogP contribution in [0, 0.1) is 0 Å². The van der Waals surface area contributed by atoms with Crippen LogP contribution >= 0.6 is 0 Å². The summed E-state index contributed by atoms with van der Waals surface area (Å²) < 4.78 is 0. The van der Waals surface area contributed by atoms with Crippen LogP contribution in [0.3, 0.4) is 0 Å². The van der Waals surface area contributed by atoms with Crippen molar-refractivity contribution < 1.29 is 0 Å². The molecule has 2 heterocycles. The lowest BCUT2D eigenvalue weighted by molar-refractivity contribution is 0.122. The first kappa shape index (κ1) is 13.9. The molecule has 2 rings (SSSR count). The number of hydrogen-bond donors (Lipinski definition) is 1. The first-order valence-corrected chi connectivity index (χ1v) is 6.27. The maximum Gasteiger partial charge on any atom is 0.0306 e. The predicted octanol–water partition coefficient (Wildman–Crippen LogP) is 2.50. The first-order valence-electron chi connectivity index (χ1n) is 6.27. The van der Waals surface area contributed by atoms with E-state index in [4.69, 9.17) is 0 Å². The normalized spacial score (nSPS) is 30.6. The summed E-state index contributed by atoms with van der Waals surface area (Å²) in [7, 11) is 0. The lowest BCUT2D eigenvalue weighted by Gasteiger charge is -2.39. The van der Waals surface area contributed by atoms with Crippen molar-refractivity contribution in [1.82, 2.24) is 10.2 Å². The lowest BCUT2D eigenvalue weighted by Crippen LogP contribution is -2.55. The Kier molecular flexibility index (Phi) is 7.20. The predicted molar refractivity (Wildman–Crippen MR) is 64.8 cm³/mol. The molecule has 0 saturated carbocycles. The second kappa shape index (κ2) is 7.24. The average Bonchev–Trinajstić information content (AvgIpc) is 2.65. The van der Waals surface area contributed by atoms with Crippen molar-refractivity contribution in [1.29, 1.82) is 0 Å². The van der Waals surface area contributed by atoms with Gasteiger partial charge in [0.05, 0.1) is 0 Å². The minimum atomic E-state index is 0.512. The molecule has 1 atom stereocenters. The minimum absolute atomic E-state index is 0.512. The highest BCUT2D eigenvalue weighted by molar-refractivity contribution is 4.96. The molecule has 1 N–H and O–H groups in total. The topological polar surface area (TPSA) is 15.3 Å². The molecule has 2 aliphatic rings. The summed E-state index contributed by atoms with van der Waals surface area (Å²) in [6, 6.07) is 0. The van der Waals surface area contributed by atoms with Gasteiger partial charge in [0.1, 0.15) is 0 Å². The Balaban J connectivity index is 0.000000379. The van der Waals surface area contributed by atoms with E-state index in [0.717, 1.165) is 0 Å². The summed E-state index contributed by atoms with van der Waals surface area (Å²) in [5, 5.41) is 3.46. The van der Waals surface area contributed by atoms with Gasteiger partial charge in [-0.1, -0.05) is 27.7 Å². The Morgan fingerprint density at radius 2 is 1.71 bits per heavy atom. The molecule has 2 heteroatoms. The lowest BCUT2D eigenvalue weighted by atomic mass is 9.97. The van der Waals surface area contributed by atoms with Crippen molar-refractivity contribution in [2.24, 2.45) is 0 Å². The summed E-state index contributed by atoms with van der Waals surface area (Å²) >= 11 is 0. The number of nitrogens with zero attached hydrogens (tertiary/aromatic N) is 1. The molecule has 0 amide bonds. The molecule has 2 saturated heterocycles. The van der Waals surface area contributed by atoms with Crippen LogP contribution in [0.4, 0.5) is 0 Å². The van der Waals surface area contributed by atoms with Crippen LogP contribution in [0.2, 0.25) is 0 Å². The third-order valence-electron chi connectivity index (χ3n) is 2.97. The second-order valence-electron chi connectivity index (χ2n) is 3.76. The SMILES string of the molecule is CC.CC.C[C@]12CCCN1CCNC2. The van der Waals surface area contributed by atoms with Gasteiger partial charge < -0.3 is 5.32 Å². The highest BCUT2D eigenvalue weighted by Crippen LogP contribution is 2.29. The zero-order chi connectivity index (χ0) is 11.0. The van der Waals surface area contributed by atoms with E-state index in [9.17, 15) is 0 Å². The molecule has 86 valence electrons. The minimum Gasteiger partial charge on any atom is -0.314 e. The third-order valence-corrected chi connectivity index (χ3v) is 2.97. The van der Waals surface area contributed by atoms with Crippen molar-refractivity contribution in [2.75, 3.05) is 26.2 Å². The fraction of sp³-hybridized carbons (Fsp3) is 1.00. The molecule has 0 aromatic rings. The van der Waals surface area contributed by atoms with Gasteiger partial charge >= 0.3 is 0 Å². The molecule has 14 heavy (non-hydrogen) atoms. The monoisotopic (exact) mass is 200 g/mol. The van der Waals surface area contributed by atoms with Crippen molar-refractivity contribution in [3.05, 3.63) is 0 Å². The molecule has 2 fully saturated rings. The highest BCUT2D eigenvalue weighted by Gasteiger charge is 2.37. The van der Waals surface area contributed by atoms with Crippen LogP contribution in [0.1, 0.15) is 47.5 Å². The molecule has 2 aliphatic heterocycles. The molecule has 0 unspecified atom stereocenters. The molecule has 0 spiro atoms. The van der Waals surface area contributed by atoms with Crippen molar-refractivity contribution in [3.8, 4) is 0 Å². The summed E-state index contributed by atoms with van der Waals surface area (Å²) in [6.07, 6.45) is 2.79. The first-order chi connectivity index (χ1) is 6.81. The van der Waals surface area contributed by atoms with Gasteiger partial charge in [0.15, 0.2) is 0 Å². The van der Waals surface area contributed by atoms with Crippen molar-refractivity contribution in [3.63, 3.8) is 0 Å². The van der Waals surface area contributed by atoms with E-state index in [1.165, 1.54) is 39.0 Å². The van der Waals surface area contributed by atoms with E-state index in [1.54, 1.807) is 0 Å². The Bertz CT molecular complexity index is 136. The molecule has 0 aromatic heterocycles. The van der Waals surface area contributed by atoms with E-state index < -0.39 is 0 Å². The summed E-state index contributed by atoms with van der Waals surface area (Å²) in [5.41, 5.74) is 0.512. The van der Waals surface area contributed by atoms with Gasteiger partial charge in [-0.25, -0.2) is 0 Å². The fourth-order valence-corrected chi connectivity index (χ4v) is 2.23. The van der Waals surface area contributed by atoms with Gasteiger partial charge in [-0.05, 0) is 26.3 Å². The van der Waals surface area contributed by atoms with Crippen LogP contribution in [-0.4, -0.2) is 36.6 Å². The largest absolute Gasteiger partial charge is 0.314 e. The van der Waals surface area contributed by atoms with E-state index in [1.807, 2.05) is 27.7 Å². The molecule has 0 bridgehead atoms. The fourth-order valence-electron chi connectivity index (χ4n) is 2.23. The van der Waals surface area contributed by atoms with Crippen LogP contribution < -0.4 is 5.32 Å². The van der Waals surface area contributed by atoms with Gasteiger partial charge in [0.25, 0.3) is 0 Å². The number of rotatable bonds is 0. The van der Waals surface area contributed by atoms with Gasteiger partial charge in [-0.2, -0.15) is 0 Å². The van der Waals surface area contributed by atoms with E-state index in [2.05, 4.69) is 17.1 Å². The van der Waals surface area contributed by atoms with E-state index >= 15 is 0 Å². The zero-order valence-electron chi connectivity index (χ0n) is 10.7. The summed E-state index contributed by atoms with van der Waals surface area (Å²) in [6.45, 7) is 15.4. The average molecular weight is 200 g/mol. The smallest absolute Gasteiger partial charge is 0.0306 e. The van der Waals surface area contributed by atoms with Crippen molar-refractivity contribution in [2.45, 2.75) is 53.0 Å². The molecule has 0 aliphatic carbocycles. The Morgan fingerprint density at radius 1 is 1.07 bits per heavy atom. The number of hydrogen-bond acceptors (Lipinski definition) is 2. The van der Waals surface area contributed by atoms with Gasteiger partial charge in [0.2, 0.25) is 0 Å². The second-order valence-corrected chi connectivity index (χ2v) is 3.76. The molecule has 0 radical (unpaired) electrons. The maximum atomic E-state index is 3.46. The standard InChI is InChI=1S/C8H16N2.2C2H6/c1-8-3-2-5-10(8)6-4-9-7-8;2*1-2/h9H,2-7H2,1H3;2*1-2H3/t8-;;/m1../s1. The Hall–Kier alpha value is -0.0800. The maximum absolute atomic E-state index is 3.46. The van der Waals surface area contributed by atoms with Gasteiger partial charge in [-0.15, -0.1) is 0 Å². The molecule has 0 aromatic carbocycles. The van der Waals surface area contributed by atoms with Gasteiger partial charge in [-0.3, -0.25) is 4.90 Å². The molecule has 2 nitrogen and oxygen atoms in total. The van der Waals surface area contributed by atoms with Crippen LogP contribution in [0.25, 0.3) is 0 Å². The van der Waals surface area contributed by atoms with E-state index in [0.29, 0.717) is 5.54 Å². The van der Waals surface area contributed by atoms with Crippen LogP contribution in [-0.2, 0) is 0 Å². The number of nitrogens with one attached hydrogen (secondary N) is 1. The summed E-state index contributed by atoms with van der Waals surface area (Å²) in [4.78, 5) is 2.63. The van der Waals surface area contributed by atoms with Gasteiger partial charge in [0, 0.05) is 25.2 Å². The number of piperazine rings is 1. The zero-order valence-corrected chi connectivity index (χ0v) is 10.7. The van der Waals surface area contributed by atoms with Crippen molar-refractivity contribution >= 4 is 0 Å². The Morgan fingerprint density at radius 3 is 2.29 bits per heavy atom. The Labute approximate surface area is 90.1 Å². The van der Waals surface area contributed by atoms with Crippen LogP contribution in [0.15, 0.2) is 0 Å². The number of fused-ring (bicyclic) bond motifs is 1. The van der Waals surface area contributed by atoms with E-state index in [-0.39, 0.29) is 0 Å². The quantitative estimate of drug-likeness (QED) is 0.646. The molecular weight excluding hydrogens is 172 g/mol. The summed E-state index contributed by atoms with van der Waals surface area (Å²) in [5.74, 6) is 0. The highest BCUT2D eigenvalue weighted by atomic mass is 15.3. The molecular formula is C12H28N2.